The standard InChI is InChI=1S/C11H10BrN5O2/c1-6(18)16-17-11(19)15-10-3-2-8-9(14-10)4-7(12)5-13-8/h2-5H,1H3,(H,16,18)(H2,14,15,17,19). The van der Waals surface area contributed by atoms with Gasteiger partial charge in [0.1, 0.15) is 5.82 Å². The molecule has 2 aromatic rings. The molecule has 0 aliphatic rings. The fourth-order valence-corrected chi connectivity index (χ4v) is 1.66. The van der Waals surface area contributed by atoms with E-state index in [-0.39, 0.29) is 5.91 Å². The number of anilines is 1. The van der Waals surface area contributed by atoms with Crippen molar-refractivity contribution in [2.24, 2.45) is 0 Å². The first-order chi connectivity index (χ1) is 9.04. The van der Waals surface area contributed by atoms with Crippen molar-refractivity contribution in [1.82, 2.24) is 20.8 Å². The Morgan fingerprint density at radius 3 is 2.74 bits per heavy atom. The van der Waals surface area contributed by atoms with Crippen LogP contribution in [0.4, 0.5) is 10.6 Å². The molecular weight excluding hydrogens is 314 g/mol. The molecule has 2 aromatic heterocycles. The normalized spacial score (nSPS) is 10.0. The minimum absolute atomic E-state index is 0.357. The van der Waals surface area contributed by atoms with Crippen LogP contribution in [-0.2, 0) is 4.79 Å². The minimum atomic E-state index is -0.579. The van der Waals surface area contributed by atoms with Gasteiger partial charge in [-0.05, 0) is 34.1 Å². The topological polar surface area (TPSA) is 96.0 Å². The summed E-state index contributed by atoms with van der Waals surface area (Å²) in [6.07, 6.45) is 1.67. The van der Waals surface area contributed by atoms with Gasteiger partial charge in [-0.25, -0.2) is 15.2 Å². The molecule has 7 nitrogen and oxygen atoms in total. The summed E-state index contributed by atoms with van der Waals surface area (Å²) in [5, 5.41) is 2.49. The Balaban J connectivity index is 2.12. The molecule has 0 aliphatic carbocycles. The maximum absolute atomic E-state index is 11.4. The van der Waals surface area contributed by atoms with Crippen molar-refractivity contribution in [2.75, 3.05) is 5.32 Å². The van der Waals surface area contributed by atoms with Crippen LogP contribution in [-0.4, -0.2) is 21.9 Å². The number of pyridine rings is 2. The molecule has 3 amide bonds. The molecule has 2 heterocycles. The van der Waals surface area contributed by atoms with E-state index in [0.29, 0.717) is 11.3 Å². The van der Waals surface area contributed by atoms with Crippen LogP contribution in [0.25, 0.3) is 11.0 Å². The van der Waals surface area contributed by atoms with Gasteiger partial charge in [-0.2, -0.15) is 0 Å². The summed E-state index contributed by atoms with van der Waals surface area (Å²) in [5.41, 5.74) is 5.70. The second-order valence-electron chi connectivity index (χ2n) is 3.65. The Bertz CT molecular complexity index is 646. The summed E-state index contributed by atoms with van der Waals surface area (Å²) in [6, 6.07) is 4.57. The van der Waals surface area contributed by atoms with Crippen LogP contribution < -0.4 is 16.2 Å². The first-order valence-electron chi connectivity index (χ1n) is 5.30. The van der Waals surface area contributed by atoms with Crippen LogP contribution >= 0.6 is 15.9 Å². The van der Waals surface area contributed by atoms with Gasteiger partial charge in [0.2, 0.25) is 5.91 Å². The Morgan fingerprint density at radius 1 is 1.21 bits per heavy atom. The van der Waals surface area contributed by atoms with Gasteiger partial charge in [-0.15, -0.1) is 0 Å². The predicted molar refractivity (Wildman–Crippen MR) is 73.2 cm³/mol. The molecule has 3 N–H and O–H groups in total. The molecule has 0 spiro atoms. The van der Waals surface area contributed by atoms with E-state index in [1.165, 1.54) is 6.92 Å². The lowest BCUT2D eigenvalue weighted by molar-refractivity contribution is -0.119. The van der Waals surface area contributed by atoms with Crippen LogP contribution in [0.5, 0.6) is 0 Å². The van der Waals surface area contributed by atoms with E-state index in [9.17, 15) is 9.59 Å². The van der Waals surface area contributed by atoms with E-state index >= 15 is 0 Å². The number of nitrogens with one attached hydrogen (secondary N) is 3. The van der Waals surface area contributed by atoms with Gasteiger partial charge >= 0.3 is 6.03 Å². The Hall–Kier alpha value is -2.22. The van der Waals surface area contributed by atoms with Crippen molar-refractivity contribution >= 4 is 44.7 Å². The highest BCUT2D eigenvalue weighted by atomic mass is 79.9. The maximum Gasteiger partial charge on any atom is 0.339 e. The largest absolute Gasteiger partial charge is 0.339 e. The Morgan fingerprint density at radius 2 is 2.00 bits per heavy atom. The third-order valence-corrected chi connectivity index (χ3v) is 2.53. The molecule has 0 aromatic carbocycles. The van der Waals surface area contributed by atoms with Gasteiger partial charge in [0, 0.05) is 17.6 Å². The molecule has 0 fully saturated rings. The Kier molecular flexibility index (Phi) is 3.91. The molecule has 0 bridgehead atoms. The fourth-order valence-electron chi connectivity index (χ4n) is 1.34. The number of hydrazine groups is 1. The zero-order valence-corrected chi connectivity index (χ0v) is 11.5. The molecule has 0 radical (unpaired) electrons. The number of rotatable bonds is 1. The number of halogens is 1. The summed E-state index contributed by atoms with van der Waals surface area (Å²) in [4.78, 5) is 30.4. The van der Waals surface area contributed by atoms with E-state index in [4.69, 9.17) is 0 Å². The van der Waals surface area contributed by atoms with Crippen molar-refractivity contribution in [2.45, 2.75) is 6.92 Å². The smallest absolute Gasteiger partial charge is 0.291 e. The molecule has 0 atom stereocenters. The van der Waals surface area contributed by atoms with Gasteiger partial charge in [0.25, 0.3) is 0 Å². The van der Waals surface area contributed by atoms with Crippen LogP contribution in [0.15, 0.2) is 28.9 Å². The third kappa shape index (κ3) is 3.62. The Labute approximate surface area is 116 Å². The van der Waals surface area contributed by atoms with Crippen molar-refractivity contribution in [3.8, 4) is 0 Å². The number of urea groups is 1. The summed E-state index contributed by atoms with van der Waals surface area (Å²) in [6.45, 7) is 1.29. The number of carbonyl (C=O) groups excluding carboxylic acids is 2. The molecule has 98 valence electrons. The number of hydrogen-bond donors (Lipinski definition) is 3. The second-order valence-corrected chi connectivity index (χ2v) is 4.56. The maximum atomic E-state index is 11.4. The molecule has 8 heteroatoms. The van der Waals surface area contributed by atoms with E-state index in [1.54, 1.807) is 24.4 Å². The van der Waals surface area contributed by atoms with E-state index in [2.05, 4.69) is 42.1 Å². The average molecular weight is 324 g/mol. The van der Waals surface area contributed by atoms with E-state index in [0.717, 1.165) is 9.99 Å². The monoisotopic (exact) mass is 323 g/mol. The molecule has 19 heavy (non-hydrogen) atoms. The van der Waals surface area contributed by atoms with Crippen molar-refractivity contribution in [1.29, 1.82) is 0 Å². The number of aromatic nitrogens is 2. The highest BCUT2D eigenvalue weighted by Gasteiger charge is 2.04. The lowest BCUT2D eigenvalue weighted by Crippen LogP contribution is -2.42. The number of nitrogens with zero attached hydrogens (tertiary/aromatic N) is 2. The van der Waals surface area contributed by atoms with Gasteiger partial charge in [-0.3, -0.25) is 20.5 Å². The second kappa shape index (κ2) is 5.61. The number of carbonyl (C=O) groups is 2. The first kappa shape index (κ1) is 13.2. The molecular formula is C11H10BrN5O2. The van der Waals surface area contributed by atoms with E-state index in [1.807, 2.05) is 0 Å². The number of amides is 3. The highest BCUT2D eigenvalue weighted by molar-refractivity contribution is 9.10. The molecule has 0 unspecified atom stereocenters. The quantitative estimate of drug-likeness (QED) is 0.694. The zero-order chi connectivity index (χ0) is 13.8. The summed E-state index contributed by atoms with van der Waals surface area (Å²) >= 11 is 3.30. The molecule has 0 aliphatic heterocycles. The SMILES string of the molecule is CC(=O)NNC(=O)Nc1ccc2ncc(Br)cc2n1. The van der Waals surface area contributed by atoms with E-state index < -0.39 is 6.03 Å². The number of fused-ring (bicyclic) bond motifs is 1. The number of hydrogen-bond acceptors (Lipinski definition) is 4. The lowest BCUT2D eigenvalue weighted by Gasteiger charge is -2.07. The molecule has 0 saturated carbocycles. The van der Waals surface area contributed by atoms with Gasteiger partial charge in [-0.1, -0.05) is 0 Å². The average Bonchev–Trinajstić information content (AvgIpc) is 2.36. The summed E-state index contributed by atoms with van der Waals surface area (Å²) in [7, 11) is 0. The minimum Gasteiger partial charge on any atom is -0.291 e. The van der Waals surface area contributed by atoms with Crippen molar-refractivity contribution in [3.63, 3.8) is 0 Å². The summed E-state index contributed by atoms with van der Waals surface area (Å²) < 4.78 is 0.798. The first-order valence-corrected chi connectivity index (χ1v) is 6.10. The predicted octanol–water partition coefficient (Wildman–Crippen LogP) is 1.56. The van der Waals surface area contributed by atoms with Crippen LogP contribution in [0.1, 0.15) is 6.92 Å². The van der Waals surface area contributed by atoms with Crippen molar-refractivity contribution in [3.05, 3.63) is 28.9 Å². The van der Waals surface area contributed by atoms with Crippen LogP contribution in [0.3, 0.4) is 0 Å². The third-order valence-electron chi connectivity index (χ3n) is 2.10. The van der Waals surface area contributed by atoms with Gasteiger partial charge in [0.15, 0.2) is 0 Å². The molecule has 2 rings (SSSR count). The lowest BCUT2D eigenvalue weighted by atomic mass is 10.3. The van der Waals surface area contributed by atoms with Crippen LogP contribution in [0.2, 0.25) is 0 Å². The van der Waals surface area contributed by atoms with Crippen molar-refractivity contribution < 1.29 is 9.59 Å². The fraction of sp³-hybridized carbons (Fsp3) is 0.0909. The zero-order valence-electron chi connectivity index (χ0n) is 9.90. The van der Waals surface area contributed by atoms with Crippen LogP contribution in [0, 0.1) is 0 Å². The van der Waals surface area contributed by atoms with Gasteiger partial charge in [0.05, 0.1) is 11.0 Å². The summed E-state index contributed by atoms with van der Waals surface area (Å²) in [5.74, 6) is -0.00926. The molecule has 0 saturated heterocycles. The van der Waals surface area contributed by atoms with Gasteiger partial charge < -0.3 is 0 Å². The highest BCUT2D eigenvalue weighted by Crippen LogP contribution is 2.17.